The molecule has 0 fully saturated rings. The van der Waals surface area contributed by atoms with Crippen molar-refractivity contribution in [2.24, 2.45) is 0 Å². The Labute approximate surface area is 117 Å². The van der Waals surface area contributed by atoms with Crippen molar-refractivity contribution in [2.45, 2.75) is 19.1 Å². The number of hydrogen-bond donors (Lipinski definition) is 1. The van der Waals surface area contributed by atoms with Gasteiger partial charge in [0.15, 0.2) is 9.84 Å². The van der Waals surface area contributed by atoms with Crippen molar-refractivity contribution in [1.29, 1.82) is 0 Å². The second-order valence-electron chi connectivity index (χ2n) is 4.29. The molecule has 0 amide bonds. The average Bonchev–Trinajstić information content (AvgIpc) is 2.28. The summed E-state index contributed by atoms with van der Waals surface area (Å²) in [6.07, 6.45) is 0. The molecule has 19 heavy (non-hydrogen) atoms. The lowest BCUT2D eigenvalue weighted by Gasteiger charge is -2.09. The molecule has 0 atom stereocenters. The Morgan fingerprint density at radius 2 is 2.05 bits per heavy atom. The van der Waals surface area contributed by atoms with Gasteiger partial charge in [0, 0.05) is 5.69 Å². The molecule has 0 saturated heterocycles. The van der Waals surface area contributed by atoms with Gasteiger partial charge in [-0.3, -0.25) is 0 Å². The predicted octanol–water partition coefficient (Wildman–Crippen LogP) is 1.90. The van der Waals surface area contributed by atoms with Crippen LogP contribution in [0.25, 0.3) is 0 Å². The molecule has 1 aromatic carbocycles. The second kappa shape index (κ2) is 6.25. The third-order valence-corrected chi connectivity index (χ3v) is 5.02. The lowest BCUT2D eigenvalue weighted by molar-refractivity contribution is 0.0529. The first-order valence-electron chi connectivity index (χ1n) is 5.68. The molecule has 0 saturated carbocycles. The lowest BCUT2D eigenvalue weighted by Crippen LogP contribution is -2.22. The first-order chi connectivity index (χ1) is 8.74. The molecule has 0 spiro atoms. The van der Waals surface area contributed by atoms with Crippen LogP contribution < -0.4 is 5.73 Å². The largest absolute Gasteiger partial charge is 0.461 e. The van der Waals surface area contributed by atoms with Crippen LogP contribution in [0.5, 0.6) is 0 Å². The van der Waals surface area contributed by atoms with E-state index in [0.717, 1.165) is 0 Å². The third-order valence-electron chi connectivity index (χ3n) is 2.53. The maximum Gasteiger partial charge on any atom is 0.339 e. The molecule has 0 aromatic heterocycles. The number of hydrogen-bond acceptors (Lipinski definition) is 5. The highest BCUT2D eigenvalue weighted by molar-refractivity contribution is 7.91. The Morgan fingerprint density at radius 3 is 2.58 bits per heavy atom. The maximum absolute atomic E-state index is 11.7. The van der Waals surface area contributed by atoms with Crippen molar-refractivity contribution in [3.8, 4) is 0 Å². The van der Waals surface area contributed by atoms with Crippen molar-refractivity contribution >= 4 is 33.1 Å². The van der Waals surface area contributed by atoms with E-state index in [9.17, 15) is 13.2 Å². The van der Waals surface area contributed by atoms with E-state index >= 15 is 0 Å². The number of esters is 1. The van der Waals surface area contributed by atoms with Gasteiger partial charge in [-0.15, -0.1) is 0 Å². The standard InChI is InChI=1S/C12H16ClNO4S/c1-8(2)19(16,17)6-5-18-12(15)10-4-3-9(14)7-11(10)13/h3-4,7-8H,5-6,14H2,1-2H3. The van der Waals surface area contributed by atoms with Gasteiger partial charge in [0.25, 0.3) is 0 Å². The van der Waals surface area contributed by atoms with Crippen LogP contribution in [0.2, 0.25) is 5.02 Å². The molecule has 0 heterocycles. The number of sulfone groups is 1. The van der Waals surface area contributed by atoms with Gasteiger partial charge in [-0.1, -0.05) is 11.6 Å². The summed E-state index contributed by atoms with van der Waals surface area (Å²) in [5.41, 5.74) is 6.10. The summed E-state index contributed by atoms with van der Waals surface area (Å²) in [6, 6.07) is 4.40. The summed E-state index contributed by atoms with van der Waals surface area (Å²) in [6.45, 7) is 2.96. The Kier molecular flexibility index (Phi) is 5.20. The molecule has 0 aliphatic heterocycles. The third kappa shape index (κ3) is 4.40. The molecule has 0 unspecified atom stereocenters. The van der Waals surface area contributed by atoms with Gasteiger partial charge in [-0.05, 0) is 32.0 Å². The minimum Gasteiger partial charge on any atom is -0.461 e. The maximum atomic E-state index is 11.7. The van der Waals surface area contributed by atoms with Gasteiger partial charge >= 0.3 is 5.97 Å². The van der Waals surface area contributed by atoms with Crippen molar-refractivity contribution < 1.29 is 17.9 Å². The fraction of sp³-hybridized carbons (Fsp3) is 0.417. The van der Waals surface area contributed by atoms with Crippen molar-refractivity contribution in [2.75, 3.05) is 18.1 Å². The summed E-state index contributed by atoms with van der Waals surface area (Å²) in [5.74, 6) is -0.868. The van der Waals surface area contributed by atoms with Crippen LogP contribution in [0, 0.1) is 0 Å². The van der Waals surface area contributed by atoms with E-state index in [4.69, 9.17) is 22.1 Å². The smallest absolute Gasteiger partial charge is 0.339 e. The van der Waals surface area contributed by atoms with Crippen LogP contribution in [0.3, 0.4) is 0 Å². The molecule has 1 rings (SSSR count). The number of anilines is 1. The van der Waals surface area contributed by atoms with Gasteiger partial charge in [0.1, 0.15) is 6.61 Å². The first kappa shape index (κ1) is 15.8. The van der Waals surface area contributed by atoms with Crippen molar-refractivity contribution in [3.63, 3.8) is 0 Å². The zero-order valence-electron chi connectivity index (χ0n) is 10.7. The minimum atomic E-state index is -3.22. The molecule has 0 aliphatic rings. The first-order valence-corrected chi connectivity index (χ1v) is 7.77. The van der Waals surface area contributed by atoms with E-state index < -0.39 is 21.1 Å². The molecule has 5 nitrogen and oxygen atoms in total. The van der Waals surface area contributed by atoms with E-state index in [1.54, 1.807) is 13.8 Å². The van der Waals surface area contributed by atoms with Crippen LogP contribution in [0.1, 0.15) is 24.2 Å². The van der Waals surface area contributed by atoms with E-state index in [1.807, 2.05) is 0 Å². The second-order valence-corrected chi connectivity index (χ2v) is 7.37. The molecular formula is C12H16ClNO4S. The molecule has 0 aliphatic carbocycles. The van der Waals surface area contributed by atoms with Crippen molar-refractivity contribution in [1.82, 2.24) is 0 Å². The molecule has 2 N–H and O–H groups in total. The van der Waals surface area contributed by atoms with Crippen LogP contribution in [-0.2, 0) is 14.6 Å². The SMILES string of the molecule is CC(C)S(=O)(=O)CCOC(=O)c1ccc(N)cc1Cl. The Balaban J connectivity index is 2.62. The lowest BCUT2D eigenvalue weighted by atomic mass is 10.2. The average molecular weight is 306 g/mol. The quantitative estimate of drug-likeness (QED) is 0.663. The normalized spacial score (nSPS) is 11.6. The molecular weight excluding hydrogens is 290 g/mol. The van der Waals surface area contributed by atoms with Gasteiger partial charge < -0.3 is 10.5 Å². The van der Waals surface area contributed by atoms with E-state index in [1.165, 1.54) is 18.2 Å². The number of ether oxygens (including phenoxy) is 1. The summed E-state index contributed by atoms with van der Waals surface area (Å²) in [4.78, 5) is 11.7. The number of nitrogens with two attached hydrogens (primary N) is 1. The fourth-order valence-corrected chi connectivity index (χ4v) is 2.31. The summed E-state index contributed by atoms with van der Waals surface area (Å²) < 4.78 is 27.9. The summed E-state index contributed by atoms with van der Waals surface area (Å²) in [5, 5.41) is -0.317. The Bertz CT molecular complexity index is 569. The highest BCUT2D eigenvalue weighted by Crippen LogP contribution is 2.19. The molecule has 0 bridgehead atoms. The topological polar surface area (TPSA) is 86.5 Å². The van der Waals surface area contributed by atoms with Crippen LogP contribution >= 0.6 is 11.6 Å². The number of halogens is 1. The van der Waals surface area contributed by atoms with Crippen LogP contribution in [0.4, 0.5) is 5.69 Å². The van der Waals surface area contributed by atoms with E-state index in [-0.39, 0.29) is 22.9 Å². The van der Waals surface area contributed by atoms with Crippen molar-refractivity contribution in [3.05, 3.63) is 28.8 Å². The zero-order chi connectivity index (χ0) is 14.6. The Morgan fingerprint density at radius 1 is 1.42 bits per heavy atom. The minimum absolute atomic E-state index is 0.165. The number of carbonyl (C=O) groups excluding carboxylic acids is 1. The number of benzene rings is 1. The number of carbonyl (C=O) groups is 1. The molecule has 0 radical (unpaired) electrons. The van der Waals surface area contributed by atoms with Gasteiger partial charge in [-0.25, -0.2) is 13.2 Å². The zero-order valence-corrected chi connectivity index (χ0v) is 12.3. The highest BCUT2D eigenvalue weighted by atomic mass is 35.5. The van der Waals surface area contributed by atoms with E-state index in [2.05, 4.69) is 0 Å². The van der Waals surface area contributed by atoms with Gasteiger partial charge in [-0.2, -0.15) is 0 Å². The highest BCUT2D eigenvalue weighted by Gasteiger charge is 2.18. The predicted molar refractivity (Wildman–Crippen MR) is 75.1 cm³/mol. The Hall–Kier alpha value is -1.27. The fourth-order valence-electron chi connectivity index (χ4n) is 1.26. The number of rotatable bonds is 5. The van der Waals surface area contributed by atoms with Crippen LogP contribution in [0.15, 0.2) is 18.2 Å². The van der Waals surface area contributed by atoms with Crippen LogP contribution in [-0.4, -0.2) is 32.0 Å². The molecule has 1 aromatic rings. The summed E-state index contributed by atoms with van der Waals surface area (Å²) in [7, 11) is -3.22. The van der Waals surface area contributed by atoms with Gasteiger partial charge in [0.05, 0.1) is 21.6 Å². The van der Waals surface area contributed by atoms with E-state index in [0.29, 0.717) is 5.69 Å². The molecule has 7 heteroatoms. The van der Waals surface area contributed by atoms with Gasteiger partial charge in [0.2, 0.25) is 0 Å². The monoisotopic (exact) mass is 305 g/mol. The molecule has 106 valence electrons. The summed E-state index contributed by atoms with van der Waals surface area (Å²) >= 11 is 5.84. The number of nitrogen functional groups attached to an aromatic ring is 1.